The number of ether oxygens (including phenoxy) is 3. The predicted molar refractivity (Wildman–Crippen MR) is 178 cm³/mol. The molecule has 0 unspecified atom stereocenters. The van der Waals surface area contributed by atoms with E-state index in [9.17, 15) is 9.90 Å². The molecule has 45 heavy (non-hydrogen) atoms. The van der Waals surface area contributed by atoms with E-state index >= 15 is 0 Å². The van der Waals surface area contributed by atoms with Gasteiger partial charge in [-0.05, 0) is 99.4 Å². The van der Waals surface area contributed by atoms with E-state index in [0.717, 1.165) is 80.6 Å². The molecule has 8 heteroatoms. The van der Waals surface area contributed by atoms with E-state index in [2.05, 4.69) is 52.6 Å². The molecule has 0 bridgehead atoms. The van der Waals surface area contributed by atoms with E-state index in [-0.39, 0.29) is 0 Å². The molecule has 242 valence electrons. The highest BCUT2D eigenvalue weighted by atomic mass is 16.5. The van der Waals surface area contributed by atoms with Crippen molar-refractivity contribution in [3.8, 4) is 17.0 Å². The number of pyridine rings is 1. The normalized spacial score (nSPS) is 20.3. The first-order valence-electron chi connectivity index (χ1n) is 16.3. The molecule has 0 amide bonds. The van der Waals surface area contributed by atoms with Crippen LogP contribution in [0.25, 0.3) is 11.3 Å². The van der Waals surface area contributed by atoms with Crippen molar-refractivity contribution in [2.45, 2.75) is 72.6 Å². The van der Waals surface area contributed by atoms with Crippen molar-refractivity contribution >= 4 is 11.8 Å². The topological polar surface area (TPSA) is 84.4 Å². The average molecular weight is 616 g/mol. The molecule has 0 spiro atoms. The van der Waals surface area contributed by atoms with Crippen molar-refractivity contribution < 1.29 is 24.1 Å². The number of aliphatic carboxylic acids is 1. The van der Waals surface area contributed by atoms with Gasteiger partial charge in [0.15, 0.2) is 0 Å². The van der Waals surface area contributed by atoms with Crippen LogP contribution in [0.1, 0.15) is 60.9 Å². The Kier molecular flexibility index (Phi) is 10.8. The molecular weight excluding hydrogens is 566 g/mol. The molecule has 2 aromatic carbocycles. The molecule has 3 aliphatic heterocycles. The van der Waals surface area contributed by atoms with E-state index < -0.39 is 11.4 Å². The van der Waals surface area contributed by atoms with Gasteiger partial charge in [0.05, 0.1) is 11.1 Å². The Balaban J connectivity index is 0.000000945. The molecule has 3 aromatic rings. The number of methoxy groups -OCH3 is 1. The van der Waals surface area contributed by atoms with Crippen LogP contribution in [0.5, 0.6) is 5.75 Å². The van der Waals surface area contributed by atoms with Gasteiger partial charge in [-0.3, -0.25) is 9.69 Å². The van der Waals surface area contributed by atoms with Gasteiger partial charge in [0.1, 0.15) is 18.2 Å². The zero-order valence-electron chi connectivity index (χ0n) is 27.6. The fraction of sp³-hybridized carbons (Fsp3) is 0.514. The number of carbonyl (C=O) groups is 1. The van der Waals surface area contributed by atoms with Crippen LogP contribution in [-0.4, -0.2) is 73.6 Å². The van der Waals surface area contributed by atoms with Crippen molar-refractivity contribution in [3.63, 3.8) is 0 Å². The Labute approximate surface area is 268 Å². The number of carboxylic acids is 1. The standard InChI is InChI=1S/C34H41N3O4.C3H8O/c1-23-6-4-7-28(30-8-5-9-31(35-30)37-15-13-34(3,22-37)33(38)39)32(23)41-21-25-18-24(2)29-20-36(14-10-26(29)19-25)27-11-16-40-17-12-27;1-3-4-2/h4-9,18-19,27H,10-17,20-22H2,1-3H3,(H,38,39);3H2,1-2H3/t34-;/m1./s1. The van der Waals surface area contributed by atoms with Crippen molar-refractivity contribution in [1.29, 1.82) is 0 Å². The molecular formula is C37H49N3O5. The number of para-hydroxylation sites is 1. The molecule has 8 nitrogen and oxygen atoms in total. The molecule has 1 atom stereocenters. The number of rotatable bonds is 8. The summed E-state index contributed by atoms with van der Waals surface area (Å²) in [6.07, 6.45) is 3.96. The van der Waals surface area contributed by atoms with E-state index in [1.165, 1.54) is 22.3 Å². The van der Waals surface area contributed by atoms with E-state index in [1.807, 2.05) is 38.1 Å². The zero-order chi connectivity index (χ0) is 32.0. The van der Waals surface area contributed by atoms with E-state index in [1.54, 1.807) is 7.11 Å². The summed E-state index contributed by atoms with van der Waals surface area (Å²) in [5, 5.41) is 9.67. The monoisotopic (exact) mass is 615 g/mol. The molecule has 0 radical (unpaired) electrons. The number of aryl methyl sites for hydroxylation is 2. The predicted octanol–water partition coefficient (Wildman–Crippen LogP) is 6.44. The Morgan fingerprint density at radius 3 is 2.56 bits per heavy atom. The summed E-state index contributed by atoms with van der Waals surface area (Å²) in [6, 6.07) is 17.4. The Bertz CT molecular complexity index is 1470. The van der Waals surface area contributed by atoms with Gasteiger partial charge in [-0.1, -0.05) is 30.3 Å². The van der Waals surface area contributed by atoms with Crippen LogP contribution in [0, 0.1) is 19.3 Å². The summed E-state index contributed by atoms with van der Waals surface area (Å²) in [4.78, 5) is 21.5. The summed E-state index contributed by atoms with van der Waals surface area (Å²) < 4.78 is 16.7. The van der Waals surface area contributed by atoms with Crippen LogP contribution in [-0.2, 0) is 33.8 Å². The Morgan fingerprint density at radius 1 is 1.09 bits per heavy atom. The van der Waals surface area contributed by atoms with Gasteiger partial charge in [-0.25, -0.2) is 4.98 Å². The summed E-state index contributed by atoms with van der Waals surface area (Å²) in [7, 11) is 1.68. The number of fused-ring (bicyclic) bond motifs is 1. The van der Waals surface area contributed by atoms with Gasteiger partial charge in [-0.15, -0.1) is 0 Å². The van der Waals surface area contributed by atoms with Crippen LogP contribution in [0.4, 0.5) is 5.82 Å². The smallest absolute Gasteiger partial charge is 0.311 e. The highest BCUT2D eigenvalue weighted by molar-refractivity contribution is 5.76. The van der Waals surface area contributed by atoms with Crippen LogP contribution in [0.15, 0.2) is 48.5 Å². The van der Waals surface area contributed by atoms with Gasteiger partial charge in [-0.2, -0.15) is 0 Å². The number of aromatic nitrogens is 1. The first-order valence-corrected chi connectivity index (χ1v) is 16.3. The SMILES string of the molecule is CCOC.Cc1cc(COc2c(C)cccc2-c2cccc(N3CC[C@@](C)(C(=O)O)C3)n2)cc2c1CN(C1CCOCC1)CC2. The maximum absolute atomic E-state index is 11.8. The van der Waals surface area contributed by atoms with Crippen LogP contribution in [0.3, 0.4) is 0 Å². The lowest BCUT2D eigenvalue weighted by Crippen LogP contribution is -2.42. The van der Waals surface area contributed by atoms with E-state index in [4.69, 9.17) is 14.5 Å². The molecule has 1 N–H and O–H groups in total. The number of benzene rings is 2. The lowest BCUT2D eigenvalue weighted by molar-refractivity contribution is -0.146. The third-order valence-corrected chi connectivity index (χ3v) is 9.57. The summed E-state index contributed by atoms with van der Waals surface area (Å²) in [5.41, 5.74) is 7.57. The lowest BCUT2D eigenvalue weighted by Gasteiger charge is -2.38. The number of nitrogens with zero attached hydrogens (tertiary/aromatic N) is 3. The highest BCUT2D eigenvalue weighted by Crippen LogP contribution is 2.37. The number of hydrogen-bond acceptors (Lipinski definition) is 7. The molecule has 1 aromatic heterocycles. The van der Waals surface area contributed by atoms with Gasteiger partial charge in [0, 0.05) is 64.7 Å². The minimum atomic E-state index is -0.750. The molecule has 4 heterocycles. The second-order valence-corrected chi connectivity index (χ2v) is 12.9. The quantitative estimate of drug-likeness (QED) is 0.310. The Hall–Kier alpha value is -3.46. The first kappa shape index (κ1) is 32.9. The van der Waals surface area contributed by atoms with Gasteiger partial charge in [0.25, 0.3) is 0 Å². The maximum atomic E-state index is 11.8. The van der Waals surface area contributed by atoms with Crippen LogP contribution < -0.4 is 9.64 Å². The molecule has 2 fully saturated rings. The Morgan fingerprint density at radius 2 is 1.84 bits per heavy atom. The van der Waals surface area contributed by atoms with Crippen molar-refractivity contribution in [2.75, 3.05) is 51.5 Å². The summed E-state index contributed by atoms with van der Waals surface area (Å²) >= 11 is 0. The third-order valence-electron chi connectivity index (χ3n) is 9.57. The van der Waals surface area contributed by atoms with Crippen molar-refractivity contribution in [1.82, 2.24) is 9.88 Å². The first-order chi connectivity index (χ1) is 21.7. The largest absolute Gasteiger partial charge is 0.488 e. The van der Waals surface area contributed by atoms with Gasteiger partial charge in [0.2, 0.25) is 0 Å². The van der Waals surface area contributed by atoms with Crippen LogP contribution in [0.2, 0.25) is 0 Å². The summed E-state index contributed by atoms with van der Waals surface area (Å²) in [6.45, 7) is 14.4. The van der Waals surface area contributed by atoms with Crippen LogP contribution >= 0.6 is 0 Å². The van der Waals surface area contributed by atoms with Gasteiger partial charge >= 0.3 is 5.97 Å². The highest BCUT2D eigenvalue weighted by Gasteiger charge is 2.41. The fourth-order valence-electron chi connectivity index (χ4n) is 6.69. The fourth-order valence-corrected chi connectivity index (χ4v) is 6.69. The summed E-state index contributed by atoms with van der Waals surface area (Å²) in [5.74, 6) is 0.898. The molecule has 0 saturated carbocycles. The molecule has 3 aliphatic rings. The number of anilines is 1. The minimum absolute atomic E-state index is 0.459. The van der Waals surface area contributed by atoms with Gasteiger partial charge < -0.3 is 24.2 Å². The maximum Gasteiger partial charge on any atom is 0.311 e. The number of carboxylic acid groups (broad SMARTS) is 1. The lowest BCUT2D eigenvalue weighted by atomic mass is 9.90. The van der Waals surface area contributed by atoms with Crippen molar-refractivity contribution in [3.05, 3.63) is 76.3 Å². The third kappa shape index (κ3) is 7.68. The molecule has 2 saturated heterocycles. The molecule has 6 rings (SSSR count). The molecule has 0 aliphatic carbocycles. The number of hydrogen-bond donors (Lipinski definition) is 1. The van der Waals surface area contributed by atoms with Crippen molar-refractivity contribution in [2.24, 2.45) is 5.41 Å². The minimum Gasteiger partial charge on any atom is -0.488 e. The second-order valence-electron chi connectivity index (χ2n) is 12.9. The second kappa shape index (κ2) is 14.8. The average Bonchev–Trinajstić information content (AvgIpc) is 3.48. The van der Waals surface area contributed by atoms with E-state index in [0.29, 0.717) is 32.2 Å². The zero-order valence-corrected chi connectivity index (χ0v) is 27.6.